The van der Waals surface area contributed by atoms with Crippen molar-refractivity contribution >= 4 is 52.1 Å². The van der Waals surface area contributed by atoms with Gasteiger partial charge in [0.1, 0.15) is 5.69 Å². The molecule has 0 unspecified atom stereocenters. The Morgan fingerprint density at radius 1 is 1.03 bits per heavy atom. The minimum Gasteiger partial charge on any atom is -0.362 e. The molecule has 11 heteroatoms. The van der Waals surface area contributed by atoms with Gasteiger partial charge < -0.3 is 15.1 Å². The number of amides is 2. The second-order valence-electron chi connectivity index (χ2n) is 7.56. The van der Waals surface area contributed by atoms with Crippen LogP contribution in [0, 0.1) is 10.1 Å². The zero-order valence-corrected chi connectivity index (χ0v) is 19.7. The monoisotopic (exact) mass is 493 g/mol. The molecule has 0 atom stereocenters. The Hall–Kier alpha value is -2.88. The third-order valence-corrected chi connectivity index (χ3v) is 6.08. The Kier molecular flexibility index (Phi) is 8.49. The summed E-state index contributed by atoms with van der Waals surface area (Å²) < 4.78 is 0. The van der Waals surface area contributed by atoms with E-state index in [1.54, 1.807) is 46.2 Å². The molecular formula is C22H25Cl2N5O4. The van der Waals surface area contributed by atoms with Gasteiger partial charge in [-0.05, 0) is 24.7 Å². The van der Waals surface area contributed by atoms with Gasteiger partial charge in [-0.3, -0.25) is 24.6 Å². The Balaban J connectivity index is 1.53. The summed E-state index contributed by atoms with van der Waals surface area (Å²) in [4.78, 5) is 41.6. The smallest absolute Gasteiger partial charge is 0.292 e. The van der Waals surface area contributed by atoms with Crippen LogP contribution in [0.25, 0.3) is 0 Å². The second-order valence-corrected chi connectivity index (χ2v) is 8.38. The van der Waals surface area contributed by atoms with Crippen molar-refractivity contribution in [3.63, 3.8) is 0 Å². The highest BCUT2D eigenvalue weighted by Crippen LogP contribution is 2.30. The van der Waals surface area contributed by atoms with Gasteiger partial charge >= 0.3 is 0 Å². The SMILES string of the molecule is CCN(CC(=O)Nc1c(Cl)cccc1Cl)CC(=O)N1CCN(c2ccccc2[N+](=O)[O-])CC1. The van der Waals surface area contributed by atoms with Crippen molar-refractivity contribution in [2.75, 3.05) is 56.0 Å². The predicted octanol–water partition coefficient (Wildman–Crippen LogP) is 3.51. The summed E-state index contributed by atoms with van der Waals surface area (Å²) in [5.74, 6) is -0.413. The predicted molar refractivity (Wildman–Crippen MR) is 129 cm³/mol. The molecule has 3 rings (SSSR count). The number of nitrogens with zero attached hydrogens (tertiary/aromatic N) is 4. The molecule has 9 nitrogen and oxygen atoms in total. The van der Waals surface area contributed by atoms with Crippen LogP contribution in [0.4, 0.5) is 17.1 Å². The number of carbonyl (C=O) groups is 2. The van der Waals surface area contributed by atoms with Crippen molar-refractivity contribution < 1.29 is 14.5 Å². The number of nitro groups is 1. The Bertz CT molecular complexity index is 1010. The first-order valence-corrected chi connectivity index (χ1v) is 11.3. The van der Waals surface area contributed by atoms with Crippen LogP contribution in [0.15, 0.2) is 42.5 Å². The molecule has 2 aromatic rings. The van der Waals surface area contributed by atoms with Gasteiger partial charge in [-0.15, -0.1) is 0 Å². The topological polar surface area (TPSA) is 99.0 Å². The first-order chi connectivity index (χ1) is 15.8. The molecule has 0 saturated carbocycles. The fraction of sp³-hybridized carbons (Fsp3) is 0.364. The summed E-state index contributed by atoms with van der Waals surface area (Å²) in [7, 11) is 0. The average molecular weight is 494 g/mol. The molecule has 33 heavy (non-hydrogen) atoms. The lowest BCUT2D eigenvalue weighted by molar-refractivity contribution is -0.384. The number of nitro benzene ring substituents is 1. The number of halogens is 2. The molecule has 0 aliphatic carbocycles. The first kappa shape index (κ1) is 24.8. The van der Waals surface area contributed by atoms with Gasteiger partial charge in [-0.1, -0.05) is 48.3 Å². The molecule has 0 spiro atoms. The van der Waals surface area contributed by atoms with Crippen molar-refractivity contribution in [1.29, 1.82) is 0 Å². The molecule has 0 bridgehead atoms. The summed E-state index contributed by atoms with van der Waals surface area (Å²) in [6.07, 6.45) is 0. The molecule has 176 valence electrons. The van der Waals surface area contributed by atoms with E-state index in [2.05, 4.69) is 5.32 Å². The van der Waals surface area contributed by atoms with Crippen LogP contribution >= 0.6 is 23.2 Å². The maximum atomic E-state index is 12.8. The lowest BCUT2D eigenvalue weighted by Gasteiger charge is -2.36. The van der Waals surface area contributed by atoms with E-state index in [1.165, 1.54) is 6.07 Å². The van der Waals surface area contributed by atoms with Crippen molar-refractivity contribution in [3.8, 4) is 0 Å². The van der Waals surface area contributed by atoms with Gasteiger partial charge in [-0.25, -0.2) is 0 Å². The van der Waals surface area contributed by atoms with E-state index < -0.39 is 4.92 Å². The van der Waals surface area contributed by atoms with Crippen LogP contribution in [0.5, 0.6) is 0 Å². The van der Waals surface area contributed by atoms with Crippen LogP contribution in [0.1, 0.15) is 6.92 Å². The van der Waals surface area contributed by atoms with Gasteiger partial charge in [0.25, 0.3) is 5.69 Å². The standard InChI is InChI=1S/C22H25Cl2N5O4/c1-2-26(14-20(30)25-22-16(23)6-5-7-17(22)24)15-21(31)28-12-10-27(11-13-28)18-8-3-4-9-19(18)29(32)33/h3-9H,2,10-15H2,1H3,(H,25,30). The molecule has 2 aromatic carbocycles. The van der Waals surface area contributed by atoms with E-state index in [-0.39, 0.29) is 30.6 Å². The van der Waals surface area contributed by atoms with Gasteiger partial charge in [0.15, 0.2) is 0 Å². The quantitative estimate of drug-likeness (QED) is 0.446. The molecule has 1 saturated heterocycles. The van der Waals surface area contributed by atoms with Crippen molar-refractivity contribution in [2.45, 2.75) is 6.92 Å². The zero-order valence-electron chi connectivity index (χ0n) is 18.2. The van der Waals surface area contributed by atoms with Gasteiger partial charge in [0.05, 0.1) is 33.7 Å². The van der Waals surface area contributed by atoms with Gasteiger partial charge in [0, 0.05) is 32.2 Å². The number of hydrogen-bond acceptors (Lipinski definition) is 6. The number of carbonyl (C=O) groups excluding carboxylic acids is 2. The van der Waals surface area contributed by atoms with Crippen molar-refractivity contribution in [1.82, 2.24) is 9.80 Å². The summed E-state index contributed by atoms with van der Waals surface area (Å²) in [6, 6.07) is 11.6. The third-order valence-electron chi connectivity index (χ3n) is 5.45. The highest BCUT2D eigenvalue weighted by Gasteiger charge is 2.26. The largest absolute Gasteiger partial charge is 0.362 e. The summed E-state index contributed by atoms with van der Waals surface area (Å²) in [5, 5.41) is 14.7. The van der Waals surface area contributed by atoms with Gasteiger partial charge in [-0.2, -0.15) is 0 Å². The minimum absolute atomic E-state index is 0.0139. The lowest BCUT2D eigenvalue weighted by atomic mass is 10.2. The number of likely N-dealkylation sites (N-methyl/N-ethyl adjacent to an activating group) is 1. The minimum atomic E-state index is -0.396. The Morgan fingerprint density at radius 3 is 2.27 bits per heavy atom. The number of nitrogens with one attached hydrogen (secondary N) is 1. The number of para-hydroxylation sites is 3. The van der Waals surface area contributed by atoms with Crippen LogP contribution in [-0.4, -0.2) is 72.4 Å². The molecule has 1 aliphatic heterocycles. The number of hydrogen-bond donors (Lipinski definition) is 1. The number of rotatable bonds is 8. The third kappa shape index (κ3) is 6.34. The fourth-order valence-corrected chi connectivity index (χ4v) is 4.14. The van der Waals surface area contributed by atoms with E-state index >= 15 is 0 Å². The average Bonchev–Trinajstić information content (AvgIpc) is 2.81. The van der Waals surface area contributed by atoms with E-state index in [4.69, 9.17) is 23.2 Å². The Labute approximate surface area is 202 Å². The second kappa shape index (κ2) is 11.3. The van der Waals surface area contributed by atoms with Crippen molar-refractivity contribution in [2.24, 2.45) is 0 Å². The molecule has 1 aliphatic rings. The van der Waals surface area contributed by atoms with E-state index in [0.29, 0.717) is 54.1 Å². The molecule has 1 N–H and O–H groups in total. The van der Waals surface area contributed by atoms with Crippen LogP contribution < -0.4 is 10.2 Å². The van der Waals surface area contributed by atoms with E-state index in [1.807, 2.05) is 11.8 Å². The first-order valence-electron chi connectivity index (χ1n) is 10.5. The molecular weight excluding hydrogens is 469 g/mol. The molecule has 0 radical (unpaired) electrons. The Morgan fingerprint density at radius 2 is 1.67 bits per heavy atom. The van der Waals surface area contributed by atoms with Crippen LogP contribution in [0.3, 0.4) is 0 Å². The maximum Gasteiger partial charge on any atom is 0.292 e. The van der Waals surface area contributed by atoms with Gasteiger partial charge in [0.2, 0.25) is 11.8 Å². The highest BCUT2D eigenvalue weighted by atomic mass is 35.5. The number of anilines is 2. The molecule has 1 heterocycles. The van der Waals surface area contributed by atoms with E-state index in [0.717, 1.165) is 0 Å². The van der Waals surface area contributed by atoms with Crippen LogP contribution in [-0.2, 0) is 9.59 Å². The van der Waals surface area contributed by atoms with Crippen LogP contribution in [0.2, 0.25) is 10.0 Å². The summed E-state index contributed by atoms with van der Waals surface area (Å²) >= 11 is 12.2. The zero-order chi connectivity index (χ0) is 24.0. The fourth-order valence-electron chi connectivity index (χ4n) is 3.65. The summed E-state index contributed by atoms with van der Waals surface area (Å²) in [6.45, 7) is 4.36. The lowest BCUT2D eigenvalue weighted by Crippen LogP contribution is -2.52. The molecule has 1 fully saturated rings. The highest BCUT2D eigenvalue weighted by molar-refractivity contribution is 6.39. The van der Waals surface area contributed by atoms with E-state index in [9.17, 15) is 19.7 Å². The number of benzene rings is 2. The normalized spacial score (nSPS) is 13.8. The molecule has 0 aromatic heterocycles. The molecule has 2 amide bonds. The summed E-state index contributed by atoms with van der Waals surface area (Å²) in [5.41, 5.74) is 0.957. The maximum absolute atomic E-state index is 12.8. The van der Waals surface area contributed by atoms with Crippen molar-refractivity contribution in [3.05, 3.63) is 62.6 Å². The number of piperazine rings is 1.